The van der Waals surface area contributed by atoms with E-state index in [4.69, 9.17) is 4.74 Å². The van der Waals surface area contributed by atoms with Crippen LogP contribution in [0.1, 0.15) is 39.1 Å². The molecule has 0 spiro atoms. The van der Waals surface area contributed by atoms with Crippen LogP contribution in [0.15, 0.2) is 53.4 Å². The lowest BCUT2D eigenvalue weighted by Crippen LogP contribution is -2.41. The second kappa shape index (κ2) is 9.17. The van der Waals surface area contributed by atoms with Crippen LogP contribution in [0, 0.1) is 0 Å². The van der Waals surface area contributed by atoms with E-state index in [9.17, 15) is 18.0 Å². The Labute approximate surface area is 169 Å². The molecule has 1 heterocycles. The number of carbonyl (C=O) groups is 2. The molecule has 1 aliphatic rings. The third kappa shape index (κ3) is 5.00. The Hall–Kier alpha value is -2.75. The second-order valence-electron chi connectivity index (χ2n) is 6.68. The van der Waals surface area contributed by atoms with Gasteiger partial charge in [-0.3, -0.25) is 20.4 Å². The number of nitrogens with zero attached hydrogens (tertiary/aromatic N) is 1. The molecule has 1 fully saturated rings. The van der Waals surface area contributed by atoms with Crippen molar-refractivity contribution in [3.63, 3.8) is 0 Å². The van der Waals surface area contributed by atoms with E-state index in [-0.39, 0.29) is 10.5 Å². The molecule has 2 amide bonds. The quantitative estimate of drug-likeness (QED) is 0.696. The van der Waals surface area contributed by atoms with Gasteiger partial charge in [-0.15, -0.1) is 0 Å². The van der Waals surface area contributed by atoms with Gasteiger partial charge in [-0.25, -0.2) is 8.42 Å². The summed E-state index contributed by atoms with van der Waals surface area (Å²) in [5, 5.41) is 0. The largest absolute Gasteiger partial charge is 0.380 e. The summed E-state index contributed by atoms with van der Waals surface area (Å²) < 4.78 is 31.7. The van der Waals surface area contributed by atoms with Gasteiger partial charge in [-0.2, -0.15) is 4.31 Å². The van der Waals surface area contributed by atoms with Crippen molar-refractivity contribution in [1.29, 1.82) is 0 Å². The SMILES string of the molecule is COCc1ccc(C(=O)NNC(=O)c2cccc(S(=O)(=O)N3CCCC3)c2)cc1. The van der Waals surface area contributed by atoms with Gasteiger partial charge in [0.15, 0.2) is 0 Å². The maximum Gasteiger partial charge on any atom is 0.269 e. The average Bonchev–Trinajstić information content (AvgIpc) is 3.28. The van der Waals surface area contributed by atoms with Gasteiger partial charge in [0.1, 0.15) is 0 Å². The number of hydrogen-bond acceptors (Lipinski definition) is 5. The first kappa shape index (κ1) is 21.0. The van der Waals surface area contributed by atoms with Crippen molar-refractivity contribution < 1.29 is 22.7 Å². The standard InChI is InChI=1S/C20H23N3O5S/c1-28-14-15-7-9-16(10-8-15)19(24)21-22-20(25)17-5-4-6-18(13-17)29(26,27)23-11-2-3-12-23/h4-10,13H,2-3,11-12,14H2,1H3,(H,21,24)(H,22,25). The van der Waals surface area contributed by atoms with E-state index in [1.165, 1.54) is 28.6 Å². The minimum atomic E-state index is -3.62. The number of amides is 2. The monoisotopic (exact) mass is 417 g/mol. The van der Waals surface area contributed by atoms with E-state index in [0.29, 0.717) is 25.3 Å². The number of methoxy groups -OCH3 is 1. The van der Waals surface area contributed by atoms with Gasteiger partial charge in [0.25, 0.3) is 11.8 Å². The molecule has 2 N–H and O–H groups in total. The number of benzene rings is 2. The van der Waals surface area contributed by atoms with Crippen molar-refractivity contribution in [3.05, 3.63) is 65.2 Å². The maximum absolute atomic E-state index is 12.6. The molecule has 9 heteroatoms. The van der Waals surface area contributed by atoms with Crippen molar-refractivity contribution in [2.45, 2.75) is 24.3 Å². The summed E-state index contributed by atoms with van der Waals surface area (Å²) in [5.41, 5.74) is 6.08. The molecule has 1 saturated heterocycles. The molecule has 0 aliphatic carbocycles. The molecule has 2 aromatic carbocycles. The Morgan fingerprint density at radius 2 is 1.59 bits per heavy atom. The molecule has 2 aromatic rings. The molecule has 8 nitrogen and oxygen atoms in total. The van der Waals surface area contributed by atoms with E-state index in [2.05, 4.69) is 10.9 Å². The molecule has 0 atom stereocenters. The third-order valence-corrected chi connectivity index (χ3v) is 6.51. The topological polar surface area (TPSA) is 105 Å². The second-order valence-corrected chi connectivity index (χ2v) is 8.62. The molecule has 0 aromatic heterocycles. The molecule has 1 aliphatic heterocycles. The molecule has 154 valence electrons. The lowest BCUT2D eigenvalue weighted by molar-refractivity contribution is 0.0846. The fourth-order valence-electron chi connectivity index (χ4n) is 3.05. The Balaban J connectivity index is 1.64. The fourth-order valence-corrected chi connectivity index (χ4v) is 4.62. The third-order valence-electron chi connectivity index (χ3n) is 4.62. The number of nitrogens with one attached hydrogen (secondary N) is 2. The lowest BCUT2D eigenvalue weighted by Gasteiger charge is -2.16. The number of hydrazine groups is 1. The number of sulfonamides is 1. The summed E-state index contributed by atoms with van der Waals surface area (Å²) in [6.45, 7) is 1.41. The summed E-state index contributed by atoms with van der Waals surface area (Å²) in [6.07, 6.45) is 1.66. The van der Waals surface area contributed by atoms with Crippen molar-refractivity contribution in [1.82, 2.24) is 15.2 Å². The first-order valence-corrected chi connectivity index (χ1v) is 10.6. The van der Waals surface area contributed by atoms with E-state index in [1.54, 1.807) is 31.4 Å². The summed E-state index contributed by atoms with van der Waals surface area (Å²) >= 11 is 0. The summed E-state index contributed by atoms with van der Waals surface area (Å²) in [5.74, 6) is -1.09. The summed E-state index contributed by atoms with van der Waals surface area (Å²) in [7, 11) is -2.04. The maximum atomic E-state index is 12.6. The summed E-state index contributed by atoms with van der Waals surface area (Å²) in [6, 6.07) is 12.5. The van der Waals surface area contributed by atoms with E-state index >= 15 is 0 Å². The molecule has 29 heavy (non-hydrogen) atoms. The van der Waals surface area contributed by atoms with E-state index in [1.807, 2.05) is 0 Å². The minimum absolute atomic E-state index is 0.0621. The number of hydrogen-bond donors (Lipinski definition) is 2. The van der Waals surface area contributed by atoms with Crippen LogP contribution in [-0.2, 0) is 21.4 Å². The van der Waals surface area contributed by atoms with Gasteiger partial charge in [0, 0.05) is 31.3 Å². The highest BCUT2D eigenvalue weighted by Gasteiger charge is 2.27. The molecule has 0 bridgehead atoms. The van der Waals surface area contributed by atoms with Crippen LogP contribution in [0.3, 0.4) is 0 Å². The number of ether oxygens (including phenoxy) is 1. The predicted molar refractivity (Wildman–Crippen MR) is 107 cm³/mol. The molecular formula is C20H23N3O5S. The zero-order chi connectivity index (χ0) is 20.9. The van der Waals surface area contributed by atoms with Gasteiger partial charge in [-0.1, -0.05) is 18.2 Å². The normalized spacial score (nSPS) is 14.5. The minimum Gasteiger partial charge on any atom is -0.380 e. The van der Waals surface area contributed by atoms with Crippen molar-refractivity contribution in [3.8, 4) is 0 Å². The highest BCUT2D eigenvalue weighted by molar-refractivity contribution is 7.89. The van der Waals surface area contributed by atoms with Crippen LogP contribution in [0.25, 0.3) is 0 Å². The Bertz CT molecular complexity index is 983. The Morgan fingerprint density at radius 1 is 0.966 bits per heavy atom. The van der Waals surface area contributed by atoms with Crippen molar-refractivity contribution in [2.75, 3.05) is 20.2 Å². The van der Waals surface area contributed by atoms with Crippen molar-refractivity contribution >= 4 is 21.8 Å². The molecule has 0 unspecified atom stereocenters. The lowest BCUT2D eigenvalue weighted by atomic mass is 10.1. The number of carbonyl (C=O) groups excluding carboxylic acids is 2. The first-order chi connectivity index (χ1) is 13.9. The average molecular weight is 417 g/mol. The van der Waals surface area contributed by atoms with E-state index < -0.39 is 21.8 Å². The van der Waals surface area contributed by atoms with E-state index in [0.717, 1.165) is 18.4 Å². The van der Waals surface area contributed by atoms with Crippen LogP contribution < -0.4 is 10.9 Å². The smallest absolute Gasteiger partial charge is 0.269 e. The molecular weight excluding hydrogens is 394 g/mol. The van der Waals surface area contributed by atoms with Crippen LogP contribution in [-0.4, -0.2) is 44.7 Å². The van der Waals surface area contributed by atoms with Gasteiger partial charge >= 0.3 is 0 Å². The van der Waals surface area contributed by atoms with Gasteiger partial charge in [0.2, 0.25) is 10.0 Å². The van der Waals surface area contributed by atoms with Crippen LogP contribution in [0.2, 0.25) is 0 Å². The van der Waals surface area contributed by atoms with Gasteiger partial charge < -0.3 is 4.74 Å². The number of rotatable bonds is 6. The zero-order valence-corrected chi connectivity index (χ0v) is 16.9. The van der Waals surface area contributed by atoms with Gasteiger partial charge in [-0.05, 0) is 48.7 Å². The van der Waals surface area contributed by atoms with Crippen LogP contribution in [0.5, 0.6) is 0 Å². The molecule has 0 radical (unpaired) electrons. The van der Waals surface area contributed by atoms with Crippen LogP contribution >= 0.6 is 0 Å². The zero-order valence-electron chi connectivity index (χ0n) is 16.1. The predicted octanol–water partition coefficient (Wildman–Crippen LogP) is 1.69. The Kier molecular flexibility index (Phi) is 6.63. The molecule has 0 saturated carbocycles. The highest BCUT2D eigenvalue weighted by atomic mass is 32.2. The van der Waals surface area contributed by atoms with Gasteiger partial charge in [0.05, 0.1) is 11.5 Å². The fraction of sp³-hybridized carbons (Fsp3) is 0.300. The van der Waals surface area contributed by atoms with Crippen LogP contribution in [0.4, 0.5) is 0 Å². The first-order valence-electron chi connectivity index (χ1n) is 9.20. The Morgan fingerprint density at radius 3 is 2.21 bits per heavy atom. The summed E-state index contributed by atoms with van der Waals surface area (Å²) in [4.78, 5) is 24.6. The van der Waals surface area contributed by atoms with Crippen molar-refractivity contribution in [2.24, 2.45) is 0 Å². The molecule has 3 rings (SSSR count). The highest BCUT2D eigenvalue weighted by Crippen LogP contribution is 2.21.